The summed E-state index contributed by atoms with van der Waals surface area (Å²) in [6, 6.07) is 7.19. The van der Waals surface area contributed by atoms with Crippen LogP contribution in [-0.4, -0.2) is 23.3 Å². The Labute approximate surface area is 135 Å². The van der Waals surface area contributed by atoms with Gasteiger partial charge in [0.25, 0.3) is 5.91 Å². The molecular formula is C17H21N3O3. The van der Waals surface area contributed by atoms with Crippen LogP contribution < -0.4 is 10.6 Å². The highest BCUT2D eigenvalue weighted by Crippen LogP contribution is 2.20. The van der Waals surface area contributed by atoms with Gasteiger partial charge < -0.3 is 15.1 Å². The van der Waals surface area contributed by atoms with Crippen molar-refractivity contribution in [2.24, 2.45) is 0 Å². The molecule has 2 amide bonds. The third kappa shape index (κ3) is 4.67. The summed E-state index contributed by atoms with van der Waals surface area (Å²) in [6.07, 6.45) is 1.67. The predicted molar refractivity (Wildman–Crippen MR) is 87.4 cm³/mol. The molecule has 0 aliphatic carbocycles. The van der Waals surface area contributed by atoms with Crippen LogP contribution in [0.15, 0.2) is 34.9 Å². The topological polar surface area (TPSA) is 84.2 Å². The molecule has 0 aromatic carbocycles. The number of amides is 2. The number of hydrogen-bond donors (Lipinski definition) is 2. The highest BCUT2D eigenvalue weighted by atomic mass is 16.3. The van der Waals surface area contributed by atoms with Crippen molar-refractivity contribution in [1.82, 2.24) is 10.3 Å². The number of aryl methyl sites for hydroxylation is 1. The molecule has 0 atom stereocenters. The fourth-order valence-electron chi connectivity index (χ4n) is 2.15. The zero-order chi connectivity index (χ0) is 16.8. The Morgan fingerprint density at radius 2 is 2.04 bits per heavy atom. The molecule has 0 spiro atoms. The van der Waals surface area contributed by atoms with Crippen LogP contribution in [0, 0.1) is 6.92 Å². The number of pyridine rings is 1. The van der Waals surface area contributed by atoms with Gasteiger partial charge >= 0.3 is 0 Å². The molecule has 6 heteroatoms. The van der Waals surface area contributed by atoms with Crippen LogP contribution in [0.25, 0.3) is 0 Å². The van der Waals surface area contributed by atoms with Crippen molar-refractivity contribution in [3.63, 3.8) is 0 Å². The zero-order valence-corrected chi connectivity index (χ0v) is 13.6. The van der Waals surface area contributed by atoms with Gasteiger partial charge in [0.1, 0.15) is 5.82 Å². The van der Waals surface area contributed by atoms with E-state index in [1.807, 2.05) is 32.9 Å². The number of carbonyl (C=O) groups excluding carboxylic acids is 2. The van der Waals surface area contributed by atoms with E-state index in [0.29, 0.717) is 11.6 Å². The summed E-state index contributed by atoms with van der Waals surface area (Å²) in [4.78, 5) is 28.1. The van der Waals surface area contributed by atoms with Crippen LogP contribution in [0.2, 0.25) is 0 Å². The summed E-state index contributed by atoms with van der Waals surface area (Å²) in [7, 11) is 0. The second-order valence-corrected chi connectivity index (χ2v) is 5.58. The van der Waals surface area contributed by atoms with E-state index in [1.54, 1.807) is 12.1 Å². The maximum atomic E-state index is 12.1. The fraction of sp³-hybridized carbons (Fsp3) is 0.353. The number of rotatable bonds is 6. The smallest absolute Gasteiger partial charge is 0.287 e. The molecule has 0 unspecified atom stereocenters. The minimum Gasteiger partial charge on any atom is -0.459 e. The van der Waals surface area contributed by atoms with Gasteiger partial charge in [-0.15, -0.1) is 0 Å². The van der Waals surface area contributed by atoms with E-state index in [-0.39, 0.29) is 30.7 Å². The van der Waals surface area contributed by atoms with Gasteiger partial charge in [-0.2, -0.15) is 0 Å². The third-order valence-electron chi connectivity index (χ3n) is 3.32. The summed E-state index contributed by atoms with van der Waals surface area (Å²) < 4.78 is 5.23. The predicted octanol–water partition coefficient (Wildman–Crippen LogP) is 2.87. The number of carbonyl (C=O) groups is 2. The first-order chi connectivity index (χ1) is 11.0. The van der Waals surface area contributed by atoms with Crippen LogP contribution in [0.3, 0.4) is 0 Å². The number of furan rings is 1. The lowest BCUT2D eigenvalue weighted by Gasteiger charge is -2.08. The number of nitrogens with one attached hydrogen (secondary N) is 2. The van der Waals surface area contributed by atoms with Crippen molar-refractivity contribution >= 4 is 17.6 Å². The average molecular weight is 315 g/mol. The van der Waals surface area contributed by atoms with Gasteiger partial charge in [-0.05, 0) is 31.0 Å². The maximum absolute atomic E-state index is 12.1. The minimum atomic E-state index is -0.305. The second kappa shape index (κ2) is 7.58. The summed E-state index contributed by atoms with van der Waals surface area (Å²) in [5.41, 5.74) is 1.69. The van der Waals surface area contributed by atoms with Crippen LogP contribution in [-0.2, 0) is 4.79 Å². The van der Waals surface area contributed by atoms with Gasteiger partial charge in [-0.25, -0.2) is 4.98 Å². The minimum absolute atomic E-state index is 0.166. The molecule has 23 heavy (non-hydrogen) atoms. The van der Waals surface area contributed by atoms with E-state index in [4.69, 9.17) is 4.42 Å². The first-order valence-electron chi connectivity index (χ1n) is 7.56. The van der Waals surface area contributed by atoms with E-state index in [1.165, 1.54) is 6.26 Å². The highest BCUT2D eigenvalue weighted by molar-refractivity contribution is 5.94. The molecule has 0 bridgehead atoms. The van der Waals surface area contributed by atoms with Gasteiger partial charge in [0.05, 0.1) is 6.26 Å². The first kappa shape index (κ1) is 16.7. The monoisotopic (exact) mass is 315 g/mol. The molecule has 0 saturated heterocycles. The summed E-state index contributed by atoms with van der Waals surface area (Å²) in [6.45, 7) is 6.06. The maximum Gasteiger partial charge on any atom is 0.287 e. The number of aromatic nitrogens is 1. The van der Waals surface area contributed by atoms with Crippen molar-refractivity contribution in [1.29, 1.82) is 0 Å². The van der Waals surface area contributed by atoms with Crippen molar-refractivity contribution in [3.8, 4) is 0 Å². The quantitative estimate of drug-likeness (QED) is 0.858. The van der Waals surface area contributed by atoms with Crippen LogP contribution in [0.5, 0.6) is 0 Å². The normalized spacial score (nSPS) is 10.6. The molecule has 2 N–H and O–H groups in total. The first-order valence-corrected chi connectivity index (χ1v) is 7.56. The Morgan fingerprint density at radius 3 is 2.74 bits per heavy atom. The van der Waals surface area contributed by atoms with Crippen LogP contribution >= 0.6 is 0 Å². The Balaban J connectivity index is 1.81. The Hall–Kier alpha value is -2.63. The van der Waals surface area contributed by atoms with E-state index < -0.39 is 0 Å². The average Bonchev–Trinajstić information content (AvgIpc) is 2.96. The molecular weight excluding hydrogens is 294 g/mol. The van der Waals surface area contributed by atoms with Crippen LogP contribution in [0.1, 0.15) is 48.0 Å². The molecule has 0 aliphatic rings. The molecule has 0 radical (unpaired) electrons. The molecule has 0 fully saturated rings. The molecule has 2 aromatic rings. The van der Waals surface area contributed by atoms with Crippen molar-refractivity contribution in [2.75, 3.05) is 11.9 Å². The molecule has 2 rings (SSSR count). The Bertz CT molecular complexity index is 692. The fourth-order valence-corrected chi connectivity index (χ4v) is 2.15. The molecule has 2 aromatic heterocycles. The number of anilines is 1. The van der Waals surface area contributed by atoms with E-state index in [0.717, 1.165) is 11.3 Å². The second-order valence-electron chi connectivity index (χ2n) is 5.58. The number of nitrogens with zero attached hydrogens (tertiary/aromatic N) is 1. The van der Waals surface area contributed by atoms with Crippen LogP contribution in [0.4, 0.5) is 5.82 Å². The molecule has 2 heterocycles. The standard InChI is InChI=1S/C17H21N3O3/c1-11(2)13-8-10-23-16(13)17(22)18-9-7-15(21)20-14-6-4-5-12(3)19-14/h4-6,8,10-11H,7,9H2,1-3H3,(H,18,22)(H,19,20,21). The lowest BCUT2D eigenvalue weighted by atomic mass is 10.0. The highest BCUT2D eigenvalue weighted by Gasteiger charge is 2.17. The van der Waals surface area contributed by atoms with Crippen molar-refractivity contribution < 1.29 is 14.0 Å². The SMILES string of the molecule is Cc1cccc(NC(=O)CCNC(=O)c2occc2C(C)C)n1. The van der Waals surface area contributed by atoms with Crippen molar-refractivity contribution in [3.05, 3.63) is 47.5 Å². The van der Waals surface area contributed by atoms with Gasteiger partial charge in [-0.1, -0.05) is 19.9 Å². The van der Waals surface area contributed by atoms with Crippen molar-refractivity contribution in [2.45, 2.75) is 33.1 Å². The zero-order valence-electron chi connectivity index (χ0n) is 13.6. The molecule has 0 saturated carbocycles. The molecule has 122 valence electrons. The summed E-state index contributed by atoms with van der Waals surface area (Å²) in [5, 5.41) is 5.39. The lowest BCUT2D eigenvalue weighted by molar-refractivity contribution is -0.116. The summed E-state index contributed by atoms with van der Waals surface area (Å²) >= 11 is 0. The van der Waals surface area contributed by atoms with E-state index in [9.17, 15) is 9.59 Å². The largest absolute Gasteiger partial charge is 0.459 e. The number of hydrogen-bond acceptors (Lipinski definition) is 4. The third-order valence-corrected chi connectivity index (χ3v) is 3.32. The molecule has 0 aliphatic heterocycles. The van der Waals surface area contributed by atoms with Gasteiger partial charge in [0.15, 0.2) is 5.76 Å². The molecule has 6 nitrogen and oxygen atoms in total. The van der Waals surface area contributed by atoms with E-state index in [2.05, 4.69) is 15.6 Å². The Morgan fingerprint density at radius 1 is 1.26 bits per heavy atom. The van der Waals surface area contributed by atoms with E-state index >= 15 is 0 Å². The summed E-state index contributed by atoms with van der Waals surface area (Å²) in [5.74, 6) is 0.507. The van der Waals surface area contributed by atoms with Gasteiger partial charge in [0, 0.05) is 24.2 Å². The Kier molecular flexibility index (Phi) is 5.51. The lowest BCUT2D eigenvalue weighted by Crippen LogP contribution is -2.28. The van der Waals surface area contributed by atoms with Gasteiger partial charge in [0.2, 0.25) is 5.91 Å². The van der Waals surface area contributed by atoms with Gasteiger partial charge in [-0.3, -0.25) is 9.59 Å².